The van der Waals surface area contributed by atoms with Crippen LogP contribution in [0.2, 0.25) is 0 Å². The lowest BCUT2D eigenvalue weighted by atomic mass is 10.0. The van der Waals surface area contributed by atoms with Gasteiger partial charge in [-0.05, 0) is 38.8 Å². The standard InChI is InChI=1S/C27H57N/c1-5-9-10-11-12-13-14-15-16-17-18-19-20-21-22-23-24-27(8-4)28(25-6-2)26-7-3/h27H,5-26H2,1-4H3. The summed E-state index contributed by atoms with van der Waals surface area (Å²) in [6.07, 6.45) is 28.8. The van der Waals surface area contributed by atoms with Crippen LogP contribution < -0.4 is 0 Å². The highest BCUT2D eigenvalue weighted by Gasteiger charge is 2.14. The smallest absolute Gasteiger partial charge is 0.00926 e. The lowest BCUT2D eigenvalue weighted by molar-refractivity contribution is 0.178. The highest BCUT2D eigenvalue weighted by molar-refractivity contribution is 4.70. The summed E-state index contributed by atoms with van der Waals surface area (Å²) in [6, 6.07) is 0.839. The van der Waals surface area contributed by atoms with E-state index in [-0.39, 0.29) is 0 Å². The fourth-order valence-electron chi connectivity index (χ4n) is 4.62. The van der Waals surface area contributed by atoms with Crippen molar-refractivity contribution in [3.8, 4) is 0 Å². The van der Waals surface area contributed by atoms with Crippen LogP contribution in [0.3, 0.4) is 0 Å². The lowest BCUT2D eigenvalue weighted by Gasteiger charge is -2.30. The van der Waals surface area contributed by atoms with Crippen LogP contribution >= 0.6 is 0 Å². The third-order valence-corrected chi connectivity index (χ3v) is 6.40. The summed E-state index contributed by atoms with van der Waals surface area (Å²) in [4.78, 5) is 2.76. The first-order valence-electron chi connectivity index (χ1n) is 13.5. The Labute approximate surface area is 180 Å². The van der Waals surface area contributed by atoms with E-state index in [4.69, 9.17) is 0 Å². The Balaban J connectivity index is 3.38. The highest BCUT2D eigenvalue weighted by Crippen LogP contribution is 2.17. The van der Waals surface area contributed by atoms with E-state index in [1.807, 2.05) is 0 Å². The first-order chi connectivity index (χ1) is 13.8. The van der Waals surface area contributed by atoms with Gasteiger partial charge in [-0.15, -0.1) is 0 Å². The first-order valence-corrected chi connectivity index (χ1v) is 13.5. The summed E-state index contributed by atoms with van der Waals surface area (Å²) in [7, 11) is 0. The molecule has 170 valence electrons. The van der Waals surface area contributed by atoms with Crippen molar-refractivity contribution in [3.05, 3.63) is 0 Å². The number of rotatable bonds is 23. The van der Waals surface area contributed by atoms with Crippen molar-refractivity contribution in [1.82, 2.24) is 4.90 Å². The zero-order valence-corrected chi connectivity index (χ0v) is 20.6. The number of nitrogens with zero attached hydrogens (tertiary/aromatic N) is 1. The molecular formula is C27H57N. The quantitative estimate of drug-likeness (QED) is 0.156. The van der Waals surface area contributed by atoms with Crippen molar-refractivity contribution in [2.45, 2.75) is 162 Å². The van der Waals surface area contributed by atoms with Gasteiger partial charge in [-0.1, -0.05) is 130 Å². The number of unbranched alkanes of at least 4 members (excludes halogenated alkanes) is 15. The summed E-state index contributed by atoms with van der Waals surface area (Å²) >= 11 is 0. The minimum Gasteiger partial charge on any atom is -0.300 e. The monoisotopic (exact) mass is 395 g/mol. The Hall–Kier alpha value is -0.0400. The maximum atomic E-state index is 2.76. The molecule has 1 atom stereocenters. The van der Waals surface area contributed by atoms with Gasteiger partial charge in [-0.3, -0.25) is 0 Å². The predicted octanol–water partition coefficient (Wildman–Crippen LogP) is 9.54. The molecular weight excluding hydrogens is 338 g/mol. The van der Waals surface area contributed by atoms with Gasteiger partial charge in [0, 0.05) is 6.04 Å². The number of hydrogen-bond acceptors (Lipinski definition) is 1. The van der Waals surface area contributed by atoms with Gasteiger partial charge in [0.25, 0.3) is 0 Å². The van der Waals surface area contributed by atoms with E-state index in [2.05, 4.69) is 32.6 Å². The Morgan fingerprint density at radius 2 is 0.786 bits per heavy atom. The van der Waals surface area contributed by atoms with Gasteiger partial charge in [0.05, 0.1) is 0 Å². The van der Waals surface area contributed by atoms with Gasteiger partial charge in [0.1, 0.15) is 0 Å². The second-order valence-electron chi connectivity index (χ2n) is 9.19. The molecule has 0 saturated heterocycles. The van der Waals surface area contributed by atoms with Crippen molar-refractivity contribution < 1.29 is 0 Å². The summed E-state index contributed by atoms with van der Waals surface area (Å²) in [6.45, 7) is 11.9. The van der Waals surface area contributed by atoms with Crippen LogP contribution in [0, 0.1) is 0 Å². The molecule has 0 radical (unpaired) electrons. The third kappa shape index (κ3) is 18.0. The largest absolute Gasteiger partial charge is 0.300 e. The molecule has 0 fully saturated rings. The fourth-order valence-corrected chi connectivity index (χ4v) is 4.62. The Bertz CT molecular complexity index is 269. The molecule has 1 nitrogen and oxygen atoms in total. The normalized spacial score (nSPS) is 12.8. The maximum absolute atomic E-state index is 2.76. The predicted molar refractivity (Wildman–Crippen MR) is 130 cm³/mol. The van der Waals surface area contributed by atoms with Gasteiger partial charge in [-0.25, -0.2) is 0 Å². The molecule has 0 spiro atoms. The zero-order chi connectivity index (χ0) is 20.7. The molecule has 0 aromatic rings. The van der Waals surface area contributed by atoms with Crippen molar-refractivity contribution >= 4 is 0 Å². The van der Waals surface area contributed by atoms with E-state index in [0.29, 0.717) is 0 Å². The van der Waals surface area contributed by atoms with E-state index in [0.717, 1.165) is 6.04 Å². The van der Waals surface area contributed by atoms with Crippen molar-refractivity contribution in [2.75, 3.05) is 13.1 Å². The van der Waals surface area contributed by atoms with E-state index < -0.39 is 0 Å². The van der Waals surface area contributed by atoms with E-state index in [1.54, 1.807) is 0 Å². The van der Waals surface area contributed by atoms with Crippen molar-refractivity contribution in [1.29, 1.82) is 0 Å². The van der Waals surface area contributed by atoms with Crippen LogP contribution in [0.15, 0.2) is 0 Å². The summed E-state index contributed by atoms with van der Waals surface area (Å²) < 4.78 is 0. The van der Waals surface area contributed by atoms with Gasteiger partial charge in [0.15, 0.2) is 0 Å². The molecule has 0 aromatic heterocycles. The summed E-state index contributed by atoms with van der Waals surface area (Å²) in [5.41, 5.74) is 0. The van der Waals surface area contributed by atoms with Gasteiger partial charge in [0.2, 0.25) is 0 Å². The van der Waals surface area contributed by atoms with Gasteiger partial charge >= 0.3 is 0 Å². The van der Waals surface area contributed by atoms with Gasteiger partial charge < -0.3 is 4.90 Å². The van der Waals surface area contributed by atoms with Gasteiger partial charge in [-0.2, -0.15) is 0 Å². The SMILES string of the molecule is CCCCCCCCCCCCCCCCCCC(CC)N(CCC)CCC. The second kappa shape index (κ2) is 23.2. The molecule has 1 unspecified atom stereocenters. The molecule has 0 rings (SSSR count). The van der Waals surface area contributed by atoms with Crippen LogP contribution in [0.1, 0.15) is 156 Å². The molecule has 0 amide bonds. The number of hydrogen-bond donors (Lipinski definition) is 0. The minimum absolute atomic E-state index is 0.839. The minimum atomic E-state index is 0.839. The van der Waals surface area contributed by atoms with Crippen molar-refractivity contribution in [2.24, 2.45) is 0 Å². The Morgan fingerprint density at radius 1 is 0.429 bits per heavy atom. The molecule has 0 aliphatic rings. The van der Waals surface area contributed by atoms with Crippen LogP contribution in [-0.2, 0) is 0 Å². The van der Waals surface area contributed by atoms with Crippen LogP contribution in [-0.4, -0.2) is 24.0 Å². The van der Waals surface area contributed by atoms with E-state index >= 15 is 0 Å². The van der Waals surface area contributed by atoms with E-state index in [9.17, 15) is 0 Å². The lowest BCUT2D eigenvalue weighted by Crippen LogP contribution is -2.36. The molecule has 0 aliphatic carbocycles. The second-order valence-corrected chi connectivity index (χ2v) is 9.19. The topological polar surface area (TPSA) is 3.24 Å². The average Bonchev–Trinajstić information content (AvgIpc) is 2.70. The van der Waals surface area contributed by atoms with Crippen LogP contribution in [0.25, 0.3) is 0 Å². The molecule has 0 aromatic carbocycles. The maximum Gasteiger partial charge on any atom is 0.00926 e. The molecule has 0 bridgehead atoms. The molecule has 28 heavy (non-hydrogen) atoms. The third-order valence-electron chi connectivity index (χ3n) is 6.40. The molecule has 0 aliphatic heterocycles. The Kier molecular flexibility index (Phi) is 23.2. The molecule has 1 heteroatoms. The molecule has 0 N–H and O–H groups in total. The fraction of sp³-hybridized carbons (Fsp3) is 1.00. The first kappa shape index (κ1) is 28.0. The van der Waals surface area contributed by atoms with Crippen LogP contribution in [0.4, 0.5) is 0 Å². The Morgan fingerprint density at radius 3 is 1.11 bits per heavy atom. The zero-order valence-electron chi connectivity index (χ0n) is 20.6. The van der Waals surface area contributed by atoms with Crippen LogP contribution in [0.5, 0.6) is 0 Å². The average molecular weight is 396 g/mol. The molecule has 0 heterocycles. The highest BCUT2D eigenvalue weighted by atomic mass is 15.1. The summed E-state index contributed by atoms with van der Waals surface area (Å²) in [5.74, 6) is 0. The van der Waals surface area contributed by atoms with Crippen molar-refractivity contribution in [3.63, 3.8) is 0 Å². The molecule has 0 saturated carbocycles. The summed E-state index contributed by atoms with van der Waals surface area (Å²) in [5, 5.41) is 0. The van der Waals surface area contributed by atoms with E-state index in [1.165, 1.54) is 142 Å².